The minimum absolute atomic E-state index is 0.388. The van der Waals surface area contributed by atoms with E-state index >= 15 is 0 Å². The highest BCUT2D eigenvalue weighted by Crippen LogP contribution is 2.29. The lowest BCUT2D eigenvalue weighted by Gasteiger charge is -2.36. The van der Waals surface area contributed by atoms with E-state index in [1.165, 1.54) is 27.8 Å². The molecule has 0 spiro atoms. The number of oxazole rings is 1. The van der Waals surface area contributed by atoms with Crippen LogP contribution in [-0.2, 0) is 6.42 Å². The summed E-state index contributed by atoms with van der Waals surface area (Å²) in [7, 11) is 0. The van der Waals surface area contributed by atoms with Gasteiger partial charge in [0.25, 0.3) is 0 Å². The lowest BCUT2D eigenvalue weighted by atomic mass is 10.1. The molecule has 4 aromatic rings. The van der Waals surface area contributed by atoms with Crippen LogP contribution in [0.15, 0.2) is 44.9 Å². The van der Waals surface area contributed by atoms with Crippen molar-refractivity contribution in [3.05, 3.63) is 63.2 Å². The molecule has 1 fully saturated rings. The average Bonchev–Trinajstić information content (AvgIpc) is 3.33. The number of rotatable bonds is 4. The Bertz CT molecular complexity index is 1320. The molecule has 2 aromatic carbocycles. The summed E-state index contributed by atoms with van der Waals surface area (Å²) >= 11 is 1.71. The number of piperazine rings is 1. The van der Waals surface area contributed by atoms with E-state index in [2.05, 4.69) is 26.2 Å². The first kappa shape index (κ1) is 18.9. The van der Waals surface area contributed by atoms with Gasteiger partial charge in [0.1, 0.15) is 5.82 Å². The van der Waals surface area contributed by atoms with Gasteiger partial charge in [0.05, 0.1) is 22.8 Å². The third-order valence-electron chi connectivity index (χ3n) is 5.66. The molecular formula is C22H19FN4O2S. The number of H-pyrrole nitrogens is 1. The molecule has 3 heterocycles. The molecule has 8 heteroatoms. The van der Waals surface area contributed by atoms with Gasteiger partial charge in [0.2, 0.25) is 0 Å². The second-order valence-corrected chi connectivity index (χ2v) is 8.39. The van der Waals surface area contributed by atoms with Gasteiger partial charge in [-0.15, -0.1) is 11.3 Å². The Morgan fingerprint density at radius 1 is 1.20 bits per heavy atom. The normalized spacial score (nSPS) is 15.1. The minimum Gasteiger partial charge on any atom is -0.406 e. The van der Waals surface area contributed by atoms with E-state index in [0.717, 1.165) is 39.1 Å². The number of thiophene rings is 1. The quantitative estimate of drug-likeness (QED) is 0.543. The minimum atomic E-state index is -0.571. The Labute approximate surface area is 175 Å². The molecular weight excluding hydrogens is 403 g/mol. The summed E-state index contributed by atoms with van der Waals surface area (Å²) in [6.07, 6.45) is 0.922. The van der Waals surface area contributed by atoms with Crippen LogP contribution in [-0.4, -0.2) is 42.6 Å². The SMILES string of the molecule is N#Cc1ccc2scc(CCN3CCN(c4cc(F)cc5[nH]c(=O)oc45)CC3)c2c1. The summed E-state index contributed by atoms with van der Waals surface area (Å²) in [6.45, 7) is 4.08. The van der Waals surface area contributed by atoms with Crippen molar-refractivity contribution in [1.82, 2.24) is 9.88 Å². The van der Waals surface area contributed by atoms with Crippen LogP contribution in [0, 0.1) is 17.1 Å². The van der Waals surface area contributed by atoms with Crippen molar-refractivity contribution in [2.75, 3.05) is 37.6 Å². The van der Waals surface area contributed by atoms with E-state index in [1.54, 1.807) is 11.3 Å². The Morgan fingerprint density at radius 2 is 2.03 bits per heavy atom. The molecule has 0 bridgehead atoms. The van der Waals surface area contributed by atoms with Crippen molar-refractivity contribution in [1.29, 1.82) is 5.26 Å². The summed E-state index contributed by atoms with van der Waals surface area (Å²) in [4.78, 5) is 18.5. The lowest BCUT2D eigenvalue weighted by Crippen LogP contribution is -2.47. The number of aromatic amines is 1. The second kappa shape index (κ2) is 7.59. The highest BCUT2D eigenvalue weighted by atomic mass is 32.1. The van der Waals surface area contributed by atoms with Gasteiger partial charge in [-0.3, -0.25) is 9.88 Å². The molecule has 152 valence electrons. The molecule has 1 aliphatic rings. The van der Waals surface area contributed by atoms with Gasteiger partial charge in [-0.05, 0) is 40.9 Å². The Balaban J connectivity index is 1.26. The Hall–Kier alpha value is -3.15. The molecule has 0 amide bonds. The highest BCUT2D eigenvalue weighted by Gasteiger charge is 2.21. The molecule has 5 rings (SSSR count). The van der Waals surface area contributed by atoms with E-state index in [1.807, 2.05) is 18.2 Å². The van der Waals surface area contributed by atoms with Crippen molar-refractivity contribution in [3.63, 3.8) is 0 Å². The van der Waals surface area contributed by atoms with Crippen LogP contribution in [0.3, 0.4) is 0 Å². The van der Waals surface area contributed by atoms with Gasteiger partial charge in [-0.1, -0.05) is 0 Å². The lowest BCUT2D eigenvalue weighted by molar-refractivity contribution is 0.261. The van der Waals surface area contributed by atoms with E-state index in [9.17, 15) is 9.18 Å². The van der Waals surface area contributed by atoms with Crippen LogP contribution in [0.4, 0.5) is 10.1 Å². The number of benzene rings is 2. The van der Waals surface area contributed by atoms with Crippen LogP contribution in [0.2, 0.25) is 0 Å². The summed E-state index contributed by atoms with van der Waals surface area (Å²) in [6, 6.07) is 10.8. The molecule has 0 aliphatic carbocycles. The maximum atomic E-state index is 14.0. The van der Waals surface area contributed by atoms with Crippen LogP contribution in [0.25, 0.3) is 21.2 Å². The van der Waals surface area contributed by atoms with Crippen molar-refractivity contribution >= 4 is 38.2 Å². The van der Waals surface area contributed by atoms with Crippen LogP contribution < -0.4 is 10.7 Å². The number of hydrogen-bond donors (Lipinski definition) is 1. The fourth-order valence-corrected chi connectivity index (χ4v) is 5.06. The standard InChI is InChI=1S/C22H19FN4O2S/c23-16-10-18-21(29-22(28)25-18)19(11-16)27-7-5-26(6-8-27)4-3-15-13-30-20-2-1-14(12-24)9-17(15)20/h1-2,9-11,13H,3-8H2,(H,25,28). The fourth-order valence-electron chi connectivity index (χ4n) is 4.08. The number of nitrogens with zero attached hydrogens (tertiary/aromatic N) is 3. The molecule has 0 saturated carbocycles. The number of fused-ring (bicyclic) bond motifs is 2. The van der Waals surface area contributed by atoms with Gasteiger partial charge in [0, 0.05) is 49.6 Å². The van der Waals surface area contributed by atoms with Crippen LogP contribution in [0.5, 0.6) is 0 Å². The monoisotopic (exact) mass is 422 g/mol. The van der Waals surface area contributed by atoms with Gasteiger partial charge < -0.3 is 9.32 Å². The zero-order valence-electron chi connectivity index (χ0n) is 16.2. The van der Waals surface area contributed by atoms with E-state index in [0.29, 0.717) is 22.4 Å². The molecule has 1 saturated heterocycles. The number of nitrogens with one attached hydrogen (secondary N) is 1. The van der Waals surface area contributed by atoms with E-state index in [-0.39, 0.29) is 0 Å². The third-order valence-corrected chi connectivity index (χ3v) is 6.67. The summed E-state index contributed by atoms with van der Waals surface area (Å²) in [5, 5.41) is 12.5. The second-order valence-electron chi connectivity index (χ2n) is 7.48. The summed E-state index contributed by atoms with van der Waals surface area (Å²) < 4.78 is 20.4. The molecule has 6 nitrogen and oxygen atoms in total. The molecule has 30 heavy (non-hydrogen) atoms. The average molecular weight is 422 g/mol. The van der Waals surface area contributed by atoms with Crippen molar-refractivity contribution in [2.45, 2.75) is 6.42 Å². The first-order valence-corrected chi connectivity index (χ1v) is 10.7. The first-order valence-electron chi connectivity index (χ1n) is 9.80. The van der Waals surface area contributed by atoms with Gasteiger partial charge in [-0.2, -0.15) is 5.26 Å². The fraction of sp³-hybridized carbons (Fsp3) is 0.273. The van der Waals surface area contributed by atoms with Crippen molar-refractivity contribution < 1.29 is 8.81 Å². The number of hydrogen-bond acceptors (Lipinski definition) is 6. The van der Waals surface area contributed by atoms with Crippen molar-refractivity contribution in [3.8, 4) is 6.07 Å². The highest BCUT2D eigenvalue weighted by molar-refractivity contribution is 7.17. The predicted octanol–water partition coefficient (Wildman–Crippen LogP) is 3.71. The number of halogens is 1. The number of nitriles is 1. The largest absolute Gasteiger partial charge is 0.417 e. The number of aromatic nitrogens is 1. The number of anilines is 1. The van der Waals surface area contributed by atoms with Gasteiger partial charge in [0.15, 0.2) is 5.58 Å². The van der Waals surface area contributed by atoms with Gasteiger partial charge in [-0.25, -0.2) is 9.18 Å². The summed E-state index contributed by atoms with van der Waals surface area (Å²) in [5.74, 6) is -0.962. The molecule has 1 N–H and O–H groups in total. The van der Waals surface area contributed by atoms with Crippen LogP contribution in [0.1, 0.15) is 11.1 Å². The zero-order valence-corrected chi connectivity index (χ0v) is 17.0. The molecule has 0 unspecified atom stereocenters. The van der Waals surface area contributed by atoms with Gasteiger partial charge >= 0.3 is 5.76 Å². The molecule has 0 atom stereocenters. The zero-order chi connectivity index (χ0) is 20.7. The molecule has 0 radical (unpaired) electrons. The summed E-state index contributed by atoms with van der Waals surface area (Å²) in [5.41, 5.74) is 3.38. The smallest absolute Gasteiger partial charge is 0.406 e. The maximum Gasteiger partial charge on any atom is 0.417 e. The van der Waals surface area contributed by atoms with E-state index in [4.69, 9.17) is 9.68 Å². The predicted molar refractivity (Wildman–Crippen MR) is 116 cm³/mol. The third kappa shape index (κ3) is 3.47. The Kier molecular flexibility index (Phi) is 4.77. The van der Waals surface area contributed by atoms with Crippen molar-refractivity contribution in [2.24, 2.45) is 0 Å². The Morgan fingerprint density at radius 3 is 2.83 bits per heavy atom. The maximum absolute atomic E-state index is 14.0. The molecule has 1 aliphatic heterocycles. The van der Waals surface area contributed by atoms with E-state index < -0.39 is 11.6 Å². The van der Waals surface area contributed by atoms with Crippen LogP contribution >= 0.6 is 11.3 Å². The molecule has 2 aromatic heterocycles. The first-order chi connectivity index (χ1) is 14.6. The topological polar surface area (TPSA) is 76.3 Å².